The highest BCUT2D eigenvalue weighted by atomic mass is 16.2. The van der Waals surface area contributed by atoms with Gasteiger partial charge in [-0.25, -0.2) is 0 Å². The maximum Gasteiger partial charge on any atom is 0.228 e. The molecular weight excluding hydrogens is 226 g/mol. The highest BCUT2D eigenvalue weighted by Gasteiger charge is 2.27. The fourth-order valence-corrected chi connectivity index (χ4v) is 2.42. The average Bonchev–Trinajstić information content (AvgIpc) is 2.71. The van der Waals surface area contributed by atoms with Crippen molar-refractivity contribution < 1.29 is 4.79 Å². The van der Waals surface area contributed by atoms with Crippen molar-refractivity contribution in [2.24, 2.45) is 5.73 Å². The third kappa shape index (κ3) is 2.48. The van der Waals surface area contributed by atoms with Crippen LogP contribution in [0.1, 0.15) is 20.3 Å². The van der Waals surface area contributed by atoms with E-state index in [-0.39, 0.29) is 11.9 Å². The maximum atomic E-state index is 11.8. The lowest BCUT2D eigenvalue weighted by molar-refractivity contribution is -0.117. The summed E-state index contributed by atoms with van der Waals surface area (Å²) in [5.74, 6) is 0.123. The van der Waals surface area contributed by atoms with E-state index in [1.54, 1.807) is 4.90 Å². The van der Waals surface area contributed by atoms with E-state index < -0.39 is 0 Å². The molecule has 2 rings (SSSR count). The van der Waals surface area contributed by atoms with E-state index in [1.807, 2.05) is 12.1 Å². The van der Waals surface area contributed by atoms with Crippen LogP contribution in [0.25, 0.3) is 0 Å². The van der Waals surface area contributed by atoms with Crippen LogP contribution < -0.4 is 15.5 Å². The maximum absolute atomic E-state index is 11.8. The number of nitrogens with zero attached hydrogens (tertiary/aromatic N) is 2. The van der Waals surface area contributed by atoms with Gasteiger partial charge in [0.15, 0.2) is 0 Å². The van der Waals surface area contributed by atoms with Gasteiger partial charge in [-0.3, -0.25) is 4.79 Å². The van der Waals surface area contributed by atoms with Gasteiger partial charge in [-0.2, -0.15) is 0 Å². The van der Waals surface area contributed by atoms with Crippen molar-refractivity contribution in [2.45, 2.75) is 26.3 Å². The van der Waals surface area contributed by atoms with Gasteiger partial charge in [-0.05, 0) is 38.1 Å². The molecule has 0 aliphatic carbocycles. The average molecular weight is 247 g/mol. The molecule has 1 aliphatic heterocycles. The Morgan fingerprint density at radius 2 is 1.89 bits per heavy atom. The van der Waals surface area contributed by atoms with Gasteiger partial charge >= 0.3 is 0 Å². The van der Waals surface area contributed by atoms with E-state index >= 15 is 0 Å². The molecular formula is C14H21N3O. The van der Waals surface area contributed by atoms with Crippen LogP contribution >= 0.6 is 0 Å². The molecule has 4 heteroatoms. The van der Waals surface area contributed by atoms with Crippen LogP contribution in [0.3, 0.4) is 0 Å². The number of hydrogen-bond acceptors (Lipinski definition) is 3. The first-order chi connectivity index (χ1) is 8.65. The van der Waals surface area contributed by atoms with Gasteiger partial charge in [0, 0.05) is 43.5 Å². The molecule has 0 radical (unpaired) electrons. The van der Waals surface area contributed by atoms with Gasteiger partial charge in [-0.15, -0.1) is 0 Å². The molecule has 18 heavy (non-hydrogen) atoms. The molecule has 98 valence electrons. The molecule has 1 fully saturated rings. The van der Waals surface area contributed by atoms with Crippen LogP contribution in [0.5, 0.6) is 0 Å². The van der Waals surface area contributed by atoms with Crippen molar-refractivity contribution in [1.29, 1.82) is 0 Å². The van der Waals surface area contributed by atoms with E-state index in [9.17, 15) is 4.79 Å². The predicted molar refractivity (Wildman–Crippen MR) is 74.9 cm³/mol. The van der Waals surface area contributed by atoms with Gasteiger partial charge in [0.25, 0.3) is 0 Å². The zero-order valence-corrected chi connectivity index (χ0v) is 11.1. The number of hydrogen-bond donors (Lipinski definition) is 1. The summed E-state index contributed by atoms with van der Waals surface area (Å²) in [6.07, 6.45) is 0.456. The van der Waals surface area contributed by atoms with E-state index in [4.69, 9.17) is 5.73 Å². The van der Waals surface area contributed by atoms with Gasteiger partial charge < -0.3 is 15.5 Å². The molecule has 1 amide bonds. The third-order valence-electron chi connectivity index (χ3n) is 3.44. The molecule has 1 saturated heterocycles. The van der Waals surface area contributed by atoms with Crippen LogP contribution in [-0.4, -0.2) is 31.6 Å². The fraction of sp³-hybridized carbons (Fsp3) is 0.500. The molecule has 2 N–H and O–H groups in total. The second-order valence-corrected chi connectivity index (χ2v) is 4.66. The monoisotopic (exact) mass is 247 g/mol. The molecule has 0 bridgehead atoms. The van der Waals surface area contributed by atoms with E-state index in [0.717, 1.165) is 18.8 Å². The Bertz CT molecular complexity index is 412. The number of carbonyl (C=O) groups excluding carboxylic acids is 1. The zero-order chi connectivity index (χ0) is 13.1. The summed E-state index contributed by atoms with van der Waals surface area (Å²) in [6.45, 7) is 6.89. The second-order valence-electron chi connectivity index (χ2n) is 4.66. The number of anilines is 2. The number of amides is 1. The number of nitrogens with two attached hydrogens (primary N) is 1. The Kier molecular flexibility index (Phi) is 3.87. The van der Waals surface area contributed by atoms with Gasteiger partial charge in [-0.1, -0.05) is 0 Å². The van der Waals surface area contributed by atoms with Crippen molar-refractivity contribution in [1.82, 2.24) is 0 Å². The number of rotatable bonds is 4. The molecule has 4 nitrogen and oxygen atoms in total. The van der Waals surface area contributed by atoms with Gasteiger partial charge in [0.2, 0.25) is 5.91 Å². The summed E-state index contributed by atoms with van der Waals surface area (Å²) in [7, 11) is 0. The quantitative estimate of drug-likeness (QED) is 0.879. The minimum Gasteiger partial charge on any atom is -0.372 e. The van der Waals surface area contributed by atoms with E-state index in [1.165, 1.54) is 5.69 Å². The van der Waals surface area contributed by atoms with Crippen LogP contribution in [0.15, 0.2) is 24.3 Å². The summed E-state index contributed by atoms with van der Waals surface area (Å²) in [4.78, 5) is 15.8. The summed E-state index contributed by atoms with van der Waals surface area (Å²) in [5.41, 5.74) is 7.95. The Morgan fingerprint density at radius 3 is 2.33 bits per heavy atom. The van der Waals surface area contributed by atoms with Crippen LogP contribution in [0, 0.1) is 0 Å². The van der Waals surface area contributed by atoms with Gasteiger partial charge in [0.1, 0.15) is 0 Å². The van der Waals surface area contributed by atoms with Crippen molar-refractivity contribution in [2.75, 3.05) is 29.4 Å². The minimum atomic E-state index is -0.0278. The topological polar surface area (TPSA) is 49.6 Å². The van der Waals surface area contributed by atoms with Crippen LogP contribution in [-0.2, 0) is 4.79 Å². The largest absolute Gasteiger partial charge is 0.372 e. The van der Waals surface area contributed by atoms with Crippen molar-refractivity contribution in [3.63, 3.8) is 0 Å². The smallest absolute Gasteiger partial charge is 0.228 e. The molecule has 1 aromatic rings. The van der Waals surface area contributed by atoms with E-state index in [0.29, 0.717) is 13.0 Å². The molecule has 1 aromatic carbocycles. The highest BCUT2D eigenvalue weighted by molar-refractivity contribution is 5.96. The lowest BCUT2D eigenvalue weighted by Gasteiger charge is -2.22. The third-order valence-corrected chi connectivity index (χ3v) is 3.44. The fourth-order valence-electron chi connectivity index (χ4n) is 2.42. The highest BCUT2D eigenvalue weighted by Crippen LogP contribution is 2.24. The van der Waals surface area contributed by atoms with E-state index in [2.05, 4.69) is 30.9 Å². The standard InChI is InChI=1S/C14H21N3O/c1-3-16(4-2)12-5-7-13(8-6-12)17-10-11(15)9-14(17)18/h5-8,11H,3-4,9-10,15H2,1-2H3. The summed E-state index contributed by atoms with van der Waals surface area (Å²) >= 11 is 0. The normalized spacial score (nSPS) is 19.4. The second kappa shape index (κ2) is 5.40. The van der Waals surface area contributed by atoms with Gasteiger partial charge in [0.05, 0.1) is 0 Å². The first kappa shape index (κ1) is 12.9. The Morgan fingerprint density at radius 1 is 1.28 bits per heavy atom. The molecule has 1 unspecified atom stereocenters. The SMILES string of the molecule is CCN(CC)c1ccc(N2CC(N)CC2=O)cc1. The summed E-state index contributed by atoms with van der Waals surface area (Å²) in [6, 6.07) is 8.12. The van der Waals surface area contributed by atoms with Crippen molar-refractivity contribution in [3.8, 4) is 0 Å². The summed E-state index contributed by atoms with van der Waals surface area (Å²) < 4.78 is 0. The lowest BCUT2D eigenvalue weighted by Crippen LogP contribution is -2.28. The predicted octanol–water partition coefficient (Wildman–Crippen LogP) is 1.60. The van der Waals surface area contributed by atoms with Crippen molar-refractivity contribution >= 4 is 17.3 Å². The molecule has 1 atom stereocenters. The van der Waals surface area contributed by atoms with Crippen LogP contribution in [0.4, 0.5) is 11.4 Å². The first-order valence-electron chi connectivity index (χ1n) is 6.56. The number of carbonyl (C=O) groups is 1. The molecule has 0 spiro atoms. The Labute approximate surface area is 108 Å². The Balaban J connectivity index is 2.15. The molecule has 0 saturated carbocycles. The molecule has 1 aliphatic rings. The molecule has 0 aromatic heterocycles. The van der Waals surface area contributed by atoms with Crippen LogP contribution in [0.2, 0.25) is 0 Å². The molecule has 1 heterocycles. The summed E-state index contributed by atoms with van der Waals surface area (Å²) in [5, 5.41) is 0. The van der Waals surface area contributed by atoms with Crippen molar-refractivity contribution in [3.05, 3.63) is 24.3 Å². The number of benzene rings is 1. The first-order valence-corrected chi connectivity index (χ1v) is 6.56. The minimum absolute atomic E-state index is 0.0278. The lowest BCUT2D eigenvalue weighted by atomic mass is 10.2. The Hall–Kier alpha value is -1.55. The zero-order valence-electron chi connectivity index (χ0n) is 11.1.